The summed E-state index contributed by atoms with van der Waals surface area (Å²) in [5, 5.41) is 13.7. The van der Waals surface area contributed by atoms with Gasteiger partial charge in [-0.05, 0) is 18.1 Å². The fourth-order valence-corrected chi connectivity index (χ4v) is 1.69. The monoisotopic (exact) mass is 220 g/mol. The molecule has 86 valence electrons. The third-order valence-electron chi connectivity index (χ3n) is 2.66. The summed E-state index contributed by atoms with van der Waals surface area (Å²) in [6.45, 7) is 4.19. The third kappa shape index (κ3) is 1.65. The van der Waals surface area contributed by atoms with Crippen molar-refractivity contribution in [1.82, 2.24) is 9.61 Å². The molecule has 2 aromatic heterocycles. The molecule has 4 nitrogen and oxygen atoms in total. The Morgan fingerprint density at radius 2 is 2.19 bits per heavy atom. The Balaban J connectivity index is 2.70. The summed E-state index contributed by atoms with van der Waals surface area (Å²) in [7, 11) is 1.62. The average molecular weight is 220 g/mol. The Bertz CT molecular complexity index is 462. The predicted octanol–water partition coefficient (Wildman–Crippen LogP) is 1.96. The first-order chi connectivity index (χ1) is 7.67. The van der Waals surface area contributed by atoms with Crippen LogP contribution in [-0.2, 0) is 6.61 Å². The normalized spacial score (nSPS) is 11.3. The topological polar surface area (TPSA) is 46.8 Å². The zero-order valence-corrected chi connectivity index (χ0v) is 9.77. The average Bonchev–Trinajstić information content (AvgIpc) is 2.72. The van der Waals surface area contributed by atoms with Crippen molar-refractivity contribution in [3.05, 3.63) is 29.5 Å². The second kappa shape index (κ2) is 4.14. The maximum atomic E-state index is 9.27. The molecule has 0 atom stereocenters. The first-order valence-corrected chi connectivity index (χ1v) is 5.33. The van der Waals surface area contributed by atoms with Gasteiger partial charge in [-0.1, -0.05) is 13.8 Å². The number of nitrogens with zero attached hydrogens (tertiary/aromatic N) is 2. The van der Waals surface area contributed by atoms with Crippen molar-refractivity contribution in [3.63, 3.8) is 0 Å². The zero-order chi connectivity index (χ0) is 11.7. The fourth-order valence-electron chi connectivity index (χ4n) is 1.69. The van der Waals surface area contributed by atoms with Crippen LogP contribution in [-0.4, -0.2) is 21.8 Å². The van der Waals surface area contributed by atoms with E-state index in [2.05, 4.69) is 18.9 Å². The minimum atomic E-state index is 0.0106. The van der Waals surface area contributed by atoms with Crippen LogP contribution >= 0.6 is 0 Å². The molecule has 0 aliphatic heterocycles. The second-order valence-electron chi connectivity index (χ2n) is 4.08. The van der Waals surface area contributed by atoms with E-state index in [9.17, 15) is 5.11 Å². The van der Waals surface area contributed by atoms with Gasteiger partial charge in [0.25, 0.3) is 0 Å². The smallest absolute Gasteiger partial charge is 0.214 e. The van der Waals surface area contributed by atoms with Crippen molar-refractivity contribution >= 4 is 5.52 Å². The van der Waals surface area contributed by atoms with Gasteiger partial charge in [0, 0.05) is 11.6 Å². The summed E-state index contributed by atoms with van der Waals surface area (Å²) in [6.07, 6.45) is 0. The Morgan fingerprint density at radius 1 is 1.44 bits per heavy atom. The number of aromatic nitrogens is 2. The number of hydrogen-bond acceptors (Lipinski definition) is 3. The third-order valence-corrected chi connectivity index (χ3v) is 2.66. The Morgan fingerprint density at radius 3 is 2.75 bits per heavy atom. The number of rotatable bonds is 3. The van der Waals surface area contributed by atoms with Gasteiger partial charge in [-0.15, -0.1) is 0 Å². The number of aliphatic hydroxyl groups excluding tert-OH is 1. The van der Waals surface area contributed by atoms with E-state index < -0.39 is 0 Å². The molecule has 0 saturated heterocycles. The van der Waals surface area contributed by atoms with Crippen LogP contribution in [0.15, 0.2) is 18.2 Å². The largest absolute Gasteiger partial charge is 0.481 e. The van der Waals surface area contributed by atoms with Gasteiger partial charge in [-0.2, -0.15) is 5.10 Å². The highest BCUT2D eigenvalue weighted by atomic mass is 16.5. The lowest BCUT2D eigenvalue weighted by atomic mass is 10.1. The molecule has 0 radical (unpaired) electrons. The van der Waals surface area contributed by atoms with E-state index in [1.807, 2.05) is 18.2 Å². The highest BCUT2D eigenvalue weighted by molar-refractivity contribution is 5.57. The lowest BCUT2D eigenvalue weighted by molar-refractivity contribution is 0.282. The van der Waals surface area contributed by atoms with Crippen LogP contribution < -0.4 is 4.74 Å². The molecule has 0 aromatic carbocycles. The molecule has 0 fully saturated rings. The molecule has 2 aromatic rings. The molecule has 0 unspecified atom stereocenters. The van der Waals surface area contributed by atoms with Crippen molar-refractivity contribution < 1.29 is 9.84 Å². The first-order valence-electron chi connectivity index (χ1n) is 5.33. The van der Waals surface area contributed by atoms with Crippen LogP contribution in [0.2, 0.25) is 0 Å². The van der Waals surface area contributed by atoms with E-state index in [0.29, 0.717) is 11.8 Å². The number of fused-ring (bicyclic) bond motifs is 1. The van der Waals surface area contributed by atoms with Crippen LogP contribution in [0, 0.1) is 0 Å². The van der Waals surface area contributed by atoms with E-state index in [1.54, 1.807) is 11.6 Å². The van der Waals surface area contributed by atoms with E-state index in [0.717, 1.165) is 16.8 Å². The number of aliphatic hydroxyl groups is 1. The standard InChI is InChI=1S/C12H16N2O2/c1-8(2)10-6-11-9(7-15)4-5-12(16-3)14(11)13-10/h4-6,8,15H,7H2,1-3H3. The second-order valence-corrected chi connectivity index (χ2v) is 4.08. The molecular weight excluding hydrogens is 204 g/mol. The molecule has 0 bridgehead atoms. The van der Waals surface area contributed by atoms with Gasteiger partial charge < -0.3 is 9.84 Å². The van der Waals surface area contributed by atoms with E-state index in [-0.39, 0.29) is 6.61 Å². The molecule has 2 rings (SSSR count). The quantitative estimate of drug-likeness (QED) is 0.860. The van der Waals surface area contributed by atoms with Crippen molar-refractivity contribution in [2.45, 2.75) is 26.4 Å². The molecule has 0 spiro atoms. The van der Waals surface area contributed by atoms with Crippen molar-refractivity contribution in [3.8, 4) is 5.88 Å². The van der Waals surface area contributed by atoms with Crippen LogP contribution in [0.4, 0.5) is 0 Å². The first kappa shape index (κ1) is 11.0. The summed E-state index contributed by atoms with van der Waals surface area (Å²) in [4.78, 5) is 0. The lowest BCUT2D eigenvalue weighted by Crippen LogP contribution is -1.99. The highest BCUT2D eigenvalue weighted by Crippen LogP contribution is 2.23. The maximum Gasteiger partial charge on any atom is 0.214 e. The molecule has 16 heavy (non-hydrogen) atoms. The summed E-state index contributed by atoms with van der Waals surface area (Å²) in [6, 6.07) is 5.67. The maximum absolute atomic E-state index is 9.27. The molecular formula is C12H16N2O2. The van der Waals surface area contributed by atoms with Gasteiger partial charge in [0.05, 0.1) is 24.9 Å². The summed E-state index contributed by atoms with van der Waals surface area (Å²) in [5.74, 6) is 1.04. The number of methoxy groups -OCH3 is 1. The van der Waals surface area contributed by atoms with Gasteiger partial charge in [0.2, 0.25) is 5.88 Å². The van der Waals surface area contributed by atoms with Crippen LogP contribution in [0.1, 0.15) is 31.0 Å². The van der Waals surface area contributed by atoms with Gasteiger partial charge in [-0.25, -0.2) is 4.52 Å². The number of pyridine rings is 1. The molecule has 0 aliphatic carbocycles. The van der Waals surface area contributed by atoms with Crippen molar-refractivity contribution in [2.24, 2.45) is 0 Å². The Kier molecular flexibility index (Phi) is 2.83. The van der Waals surface area contributed by atoms with Gasteiger partial charge in [-0.3, -0.25) is 0 Å². The SMILES string of the molecule is COc1ccc(CO)c2cc(C(C)C)nn12. The predicted molar refractivity (Wildman–Crippen MR) is 61.8 cm³/mol. The van der Waals surface area contributed by atoms with Crippen LogP contribution in [0.5, 0.6) is 5.88 Å². The number of hydrogen-bond donors (Lipinski definition) is 1. The summed E-state index contributed by atoms with van der Waals surface area (Å²) < 4.78 is 6.98. The highest BCUT2D eigenvalue weighted by Gasteiger charge is 2.11. The summed E-state index contributed by atoms with van der Waals surface area (Å²) >= 11 is 0. The van der Waals surface area contributed by atoms with E-state index in [4.69, 9.17) is 4.74 Å². The minimum Gasteiger partial charge on any atom is -0.481 e. The van der Waals surface area contributed by atoms with Crippen molar-refractivity contribution in [2.75, 3.05) is 7.11 Å². The zero-order valence-electron chi connectivity index (χ0n) is 9.77. The van der Waals surface area contributed by atoms with E-state index in [1.165, 1.54) is 0 Å². The van der Waals surface area contributed by atoms with Crippen LogP contribution in [0.25, 0.3) is 5.52 Å². The summed E-state index contributed by atoms with van der Waals surface area (Å²) in [5.41, 5.74) is 2.77. The Hall–Kier alpha value is -1.55. The molecule has 4 heteroatoms. The number of ether oxygens (including phenoxy) is 1. The fraction of sp³-hybridized carbons (Fsp3) is 0.417. The molecule has 0 aliphatic rings. The van der Waals surface area contributed by atoms with Gasteiger partial charge in [0.1, 0.15) is 0 Å². The Labute approximate surface area is 94.5 Å². The van der Waals surface area contributed by atoms with Crippen molar-refractivity contribution in [1.29, 1.82) is 0 Å². The van der Waals surface area contributed by atoms with Gasteiger partial charge >= 0.3 is 0 Å². The van der Waals surface area contributed by atoms with Crippen LogP contribution in [0.3, 0.4) is 0 Å². The minimum absolute atomic E-state index is 0.0106. The van der Waals surface area contributed by atoms with Gasteiger partial charge in [0.15, 0.2) is 0 Å². The molecule has 1 N–H and O–H groups in total. The van der Waals surface area contributed by atoms with E-state index >= 15 is 0 Å². The lowest BCUT2D eigenvalue weighted by Gasteiger charge is -2.05. The molecule has 0 saturated carbocycles. The molecule has 0 amide bonds. The molecule has 2 heterocycles.